The van der Waals surface area contributed by atoms with Gasteiger partial charge < -0.3 is 14.8 Å². The summed E-state index contributed by atoms with van der Waals surface area (Å²) >= 11 is 0. The van der Waals surface area contributed by atoms with Crippen molar-refractivity contribution in [1.82, 2.24) is 14.8 Å². The highest BCUT2D eigenvalue weighted by Crippen LogP contribution is 2.42. The lowest BCUT2D eigenvalue weighted by Gasteiger charge is -2.48. The number of aromatic amines is 1. The van der Waals surface area contributed by atoms with Crippen LogP contribution in [0.4, 0.5) is 0 Å². The molecule has 0 aliphatic carbocycles. The number of para-hydroxylation sites is 1. The third kappa shape index (κ3) is 1.65. The van der Waals surface area contributed by atoms with E-state index >= 15 is 0 Å². The highest BCUT2D eigenvalue weighted by Gasteiger charge is 2.52. The van der Waals surface area contributed by atoms with Gasteiger partial charge in [0.25, 0.3) is 0 Å². The van der Waals surface area contributed by atoms with Crippen LogP contribution in [0.3, 0.4) is 0 Å². The Morgan fingerprint density at radius 3 is 2.83 bits per heavy atom. The van der Waals surface area contributed by atoms with Crippen molar-refractivity contribution in [2.75, 3.05) is 6.54 Å². The molecule has 24 heavy (non-hydrogen) atoms. The summed E-state index contributed by atoms with van der Waals surface area (Å²) in [7, 11) is 0. The molecule has 3 atom stereocenters. The van der Waals surface area contributed by atoms with Crippen LogP contribution in [0.1, 0.15) is 43.5 Å². The molecular formula is C19H21N3O2. The summed E-state index contributed by atoms with van der Waals surface area (Å²) in [6.07, 6.45) is 3.20. The highest BCUT2D eigenvalue weighted by molar-refractivity contribution is 5.99. The number of aromatic nitrogens is 1. The first kappa shape index (κ1) is 14.1. The van der Waals surface area contributed by atoms with E-state index in [4.69, 9.17) is 0 Å². The van der Waals surface area contributed by atoms with Crippen molar-refractivity contribution in [2.45, 2.75) is 50.7 Å². The van der Waals surface area contributed by atoms with Gasteiger partial charge in [0, 0.05) is 29.6 Å². The molecule has 1 unspecified atom stereocenters. The molecule has 0 spiro atoms. The minimum absolute atomic E-state index is 0.0228. The zero-order valence-corrected chi connectivity index (χ0v) is 13.8. The Kier molecular flexibility index (Phi) is 2.84. The van der Waals surface area contributed by atoms with Crippen LogP contribution >= 0.6 is 0 Å². The average Bonchev–Trinajstić information content (AvgIpc) is 3.23. The fourth-order valence-corrected chi connectivity index (χ4v) is 4.94. The molecule has 0 saturated carbocycles. The second kappa shape index (κ2) is 4.85. The third-order valence-electron chi connectivity index (χ3n) is 6.00. The van der Waals surface area contributed by atoms with E-state index in [2.05, 4.69) is 24.0 Å². The maximum atomic E-state index is 13.1. The van der Waals surface area contributed by atoms with Crippen LogP contribution in [0.5, 0.6) is 0 Å². The smallest absolute Gasteiger partial charge is 0.246 e. The Morgan fingerprint density at radius 2 is 2.00 bits per heavy atom. The van der Waals surface area contributed by atoms with Gasteiger partial charge in [0.05, 0.1) is 6.04 Å². The molecule has 2 aromatic rings. The van der Waals surface area contributed by atoms with Crippen molar-refractivity contribution in [1.29, 1.82) is 0 Å². The molecule has 3 aliphatic rings. The lowest BCUT2D eigenvalue weighted by Crippen LogP contribution is -2.65. The van der Waals surface area contributed by atoms with E-state index in [1.165, 1.54) is 10.9 Å². The topological polar surface area (TPSA) is 56.4 Å². The number of amides is 2. The fourth-order valence-electron chi connectivity index (χ4n) is 4.94. The van der Waals surface area contributed by atoms with Crippen molar-refractivity contribution >= 4 is 22.7 Å². The van der Waals surface area contributed by atoms with Crippen molar-refractivity contribution < 1.29 is 9.59 Å². The summed E-state index contributed by atoms with van der Waals surface area (Å²) in [5.74, 6) is 0.291. The van der Waals surface area contributed by atoms with Crippen LogP contribution in [0, 0.1) is 0 Å². The molecule has 1 N–H and O–H groups in total. The maximum absolute atomic E-state index is 13.1. The first-order valence-electron chi connectivity index (χ1n) is 8.93. The molecule has 124 valence electrons. The normalized spacial score (nSPS) is 29.0. The average molecular weight is 323 g/mol. The van der Waals surface area contributed by atoms with Crippen molar-refractivity contribution in [3.63, 3.8) is 0 Å². The van der Waals surface area contributed by atoms with Gasteiger partial charge in [0.2, 0.25) is 11.8 Å². The first-order valence-corrected chi connectivity index (χ1v) is 8.93. The number of hydrogen-bond acceptors (Lipinski definition) is 2. The monoisotopic (exact) mass is 323 g/mol. The largest absolute Gasteiger partial charge is 0.356 e. The zero-order chi connectivity index (χ0) is 16.4. The van der Waals surface area contributed by atoms with Crippen LogP contribution in [-0.2, 0) is 16.0 Å². The van der Waals surface area contributed by atoms with Gasteiger partial charge in [-0.05, 0) is 30.9 Å². The number of benzene rings is 1. The molecule has 2 saturated heterocycles. The molecule has 5 heteroatoms. The molecule has 5 nitrogen and oxygen atoms in total. The Morgan fingerprint density at radius 1 is 1.17 bits per heavy atom. The van der Waals surface area contributed by atoms with E-state index in [0.29, 0.717) is 6.42 Å². The van der Waals surface area contributed by atoms with Gasteiger partial charge in [-0.25, -0.2) is 0 Å². The quantitative estimate of drug-likeness (QED) is 0.876. The lowest BCUT2D eigenvalue weighted by molar-refractivity contribution is -0.163. The first-order chi connectivity index (χ1) is 11.7. The minimum Gasteiger partial charge on any atom is -0.356 e. The van der Waals surface area contributed by atoms with Crippen LogP contribution < -0.4 is 0 Å². The van der Waals surface area contributed by atoms with Crippen LogP contribution in [-0.4, -0.2) is 45.2 Å². The maximum Gasteiger partial charge on any atom is 0.246 e. The van der Waals surface area contributed by atoms with Gasteiger partial charge in [0.15, 0.2) is 0 Å². The predicted molar refractivity (Wildman–Crippen MR) is 90.4 cm³/mol. The summed E-state index contributed by atoms with van der Waals surface area (Å²) < 4.78 is 0. The SMILES string of the molecule is CCC1c2[nH]c3ccccc3c2C[C@H]2C(=O)N3CCC[C@H]3C(=O)N12. The van der Waals surface area contributed by atoms with Gasteiger partial charge in [-0.15, -0.1) is 0 Å². The van der Waals surface area contributed by atoms with Crippen molar-refractivity contribution in [3.8, 4) is 0 Å². The van der Waals surface area contributed by atoms with E-state index in [1.807, 2.05) is 21.9 Å². The number of nitrogens with zero attached hydrogens (tertiary/aromatic N) is 2. The molecule has 1 aromatic heterocycles. The number of carbonyl (C=O) groups is 2. The van der Waals surface area contributed by atoms with Gasteiger partial charge in [-0.1, -0.05) is 25.1 Å². The third-order valence-corrected chi connectivity index (χ3v) is 6.00. The molecule has 0 radical (unpaired) electrons. The van der Waals surface area contributed by atoms with Gasteiger partial charge in [-0.2, -0.15) is 0 Å². The molecule has 4 heterocycles. The molecule has 3 aliphatic heterocycles. The Labute approximate surface area is 140 Å². The molecule has 1 aromatic carbocycles. The number of hydrogen-bond donors (Lipinski definition) is 1. The van der Waals surface area contributed by atoms with Crippen molar-refractivity contribution in [3.05, 3.63) is 35.5 Å². The second-order valence-electron chi connectivity index (χ2n) is 7.14. The fraction of sp³-hybridized carbons (Fsp3) is 0.474. The second-order valence-corrected chi connectivity index (χ2v) is 7.14. The van der Waals surface area contributed by atoms with E-state index in [0.717, 1.165) is 37.0 Å². The summed E-state index contributed by atoms with van der Waals surface area (Å²) in [6.45, 7) is 2.83. The molecule has 2 amide bonds. The van der Waals surface area contributed by atoms with E-state index in [9.17, 15) is 9.59 Å². The number of fused-ring (bicyclic) bond motifs is 5. The van der Waals surface area contributed by atoms with Crippen LogP contribution in [0.15, 0.2) is 24.3 Å². The Balaban J connectivity index is 1.69. The van der Waals surface area contributed by atoms with Crippen LogP contribution in [0.2, 0.25) is 0 Å². The van der Waals surface area contributed by atoms with Gasteiger partial charge >= 0.3 is 0 Å². The zero-order valence-electron chi connectivity index (χ0n) is 13.8. The van der Waals surface area contributed by atoms with Gasteiger partial charge in [0.1, 0.15) is 12.1 Å². The standard InChI is InChI=1S/C19H21N3O2/c1-2-14-17-12(11-6-3-4-7-13(11)20-17)10-16-18(23)21-9-5-8-15(21)19(24)22(14)16/h3-4,6-7,14-16,20H,2,5,8-10H2,1H3/t14?,15-,16-/m0/s1. The number of piperazine rings is 1. The van der Waals surface area contributed by atoms with Crippen molar-refractivity contribution in [2.24, 2.45) is 0 Å². The summed E-state index contributed by atoms with van der Waals surface area (Å²) in [5.41, 5.74) is 3.45. The number of H-pyrrole nitrogens is 1. The van der Waals surface area contributed by atoms with E-state index in [-0.39, 0.29) is 29.9 Å². The lowest BCUT2D eigenvalue weighted by atomic mass is 9.87. The van der Waals surface area contributed by atoms with E-state index < -0.39 is 0 Å². The molecule has 5 rings (SSSR count). The Bertz CT molecular complexity index is 855. The number of nitrogens with one attached hydrogen (secondary N) is 1. The number of rotatable bonds is 1. The highest BCUT2D eigenvalue weighted by atomic mass is 16.2. The molecule has 0 bridgehead atoms. The molecule has 2 fully saturated rings. The predicted octanol–water partition coefficient (Wildman–Crippen LogP) is 2.38. The van der Waals surface area contributed by atoms with E-state index in [1.54, 1.807) is 0 Å². The summed E-state index contributed by atoms with van der Waals surface area (Å²) in [6, 6.07) is 7.66. The Hall–Kier alpha value is -2.30. The molecular weight excluding hydrogens is 302 g/mol. The van der Waals surface area contributed by atoms with Gasteiger partial charge in [-0.3, -0.25) is 9.59 Å². The van der Waals surface area contributed by atoms with Crippen LogP contribution in [0.25, 0.3) is 10.9 Å². The summed E-state index contributed by atoms with van der Waals surface area (Å²) in [4.78, 5) is 33.4. The number of carbonyl (C=O) groups excluding carboxylic acids is 2. The minimum atomic E-state index is -0.330. The summed E-state index contributed by atoms with van der Waals surface area (Å²) in [5, 5.41) is 1.19.